The minimum Gasteiger partial charge on any atom is -0.341 e. The lowest BCUT2D eigenvalue weighted by Crippen LogP contribution is -2.27. The molecule has 1 aliphatic rings. The van der Waals surface area contributed by atoms with E-state index in [1.807, 2.05) is 22.7 Å². The van der Waals surface area contributed by atoms with Crippen LogP contribution in [0.25, 0.3) is 0 Å². The molecule has 0 aliphatic carbocycles. The molecule has 1 atom stereocenters. The number of alkyl halides is 1. The van der Waals surface area contributed by atoms with Gasteiger partial charge in [0.15, 0.2) is 0 Å². The molecule has 0 saturated carbocycles. The lowest BCUT2D eigenvalue weighted by molar-refractivity contribution is -0.127. The Morgan fingerprint density at radius 2 is 2.12 bits per heavy atom. The van der Waals surface area contributed by atoms with E-state index in [1.54, 1.807) is 0 Å². The highest BCUT2D eigenvalue weighted by Gasteiger charge is 2.26. The van der Waals surface area contributed by atoms with Crippen LogP contribution in [0.1, 0.15) is 12.0 Å². The van der Waals surface area contributed by atoms with Gasteiger partial charge in [-0.1, -0.05) is 46.3 Å². The maximum atomic E-state index is 11.5. The van der Waals surface area contributed by atoms with Gasteiger partial charge in [0, 0.05) is 35.8 Å². The Morgan fingerprint density at radius 3 is 2.76 bits per heavy atom. The summed E-state index contributed by atoms with van der Waals surface area (Å²) < 4.78 is 0. The van der Waals surface area contributed by atoms with E-state index in [9.17, 15) is 4.79 Å². The molecule has 1 fully saturated rings. The van der Waals surface area contributed by atoms with E-state index in [-0.39, 0.29) is 5.91 Å². The first-order valence-electron chi connectivity index (χ1n) is 5.79. The number of nitrogens with zero attached hydrogens (tertiary/aromatic N) is 1. The molecular weight excluding hydrogens is 298 g/mol. The summed E-state index contributed by atoms with van der Waals surface area (Å²) in [5.74, 6) is 2.33. The molecule has 4 heteroatoms. The molecule has 0 radical (unpaired) electrons. The molecule has 0 spiro atoms. The molecule has 2 nitrogen and oxygen atoms in total. The van der Waals surface area contributed by atoms with Gasteiger partial charge in [-0.15, -0.1) is 0 Å². The molecule has 0 aromatic heterocycles. The van der Waals surface area contributed by atoms with E-state index in [0.717, 1.165) is 24.6 Å². The van der Waals surface area contributed by atoms with Crippen molar-refractivity contribution in [2.24, 2.45) is 0 Å². The minimum absolute atomic E-state index is 0.284. The van der Waals surface area contributed by atoms with Crippen molar-refractivity contribution in [3.05, 3.63) is 35.9 Å². The van der Waals surface area contributed by atoms with Crippen LogP contribution in [-0.4, -0.2) is 34.5 Å². The van der Waals surface area contributed by atoms with Crippen molar-refractivity contribution in [2.45, 2.75) is 17.0 Å². The maximum Gasteiger partial charge on any atom is 0.223 e. The number of benzene rings is 1. The molecule has 1 amide bonds. The average Bonchev–Trinajstić information content (AvgIpc) is 2.65. The van der Waals surface area contributed by atoms with E-state index >= 15 is 0 Å². The molecule has 1 aromatic rings. The fourth-order valence-corrected chi connectivity index (χ4v) is 3.43. The number of halogens is 1. The first-order chi connectivity index (χ1) is 8.25. The molecular formula is C13H16BrNOS. The van der Waals surface area contributed by atoms with Crippen LogP contribution in [0.15, 0.2) is 30.3 Å². The molecule has 1 unspecified atom stereocenters. The number of thioether (sulfide) groups is 1. The lowest BCUT2D eigenvalue weighted by Gasteiger charge is -2.15. The summed E-state index contributed by atoms with van der Waals surface area (Å²) in [5, 5.41) is 0. The van der Waals surface area contributed by atoms with Gasteiger partial charge in [0.2, 0.25) is 5.91 Å². The van der Waals surface area contributed by atoms with Gasteiger partial charge in [-0.05, 0) is 5.56 Å². The van der Waals surface area contributed by atoms with E-state index in [4.69, 9.17) is 0 Å². The fraction of sp³-hybridized carbons (Fsp3) is 0.462. The zero-order chi connectivity index (χ0) is 12.1. The fourth-order valence-electron chi connectivity index (χ4n) is 1.88. The van der Waals surface area contributed by atoms with Crippen LogP contribution in [0.5, 0.6) is 0 Å². The van der Waals surface area contributed by atoms with Crippen molar-refractivity contribution in [3.63, 3.8) is 0 Å². The summed E-state index contributed by atoms with van der Waals surface area (Å²) in [7, 11) is 0. The van der Waals surface area contributed by atoms with Gasteiger partial charge in [-0.3, -0.25) is 4.79 Å². The van der Waals surface area contributed by atoms with Gasteiger partial charge >= 0.3 is 0 Å². The van der Waals surface area contributed by atoms with Crippen LogP contribution in [0.3, 0.4) is 0 Å². The topological polar surface area (TPSA) is 20.3 Å². The van der Waals surface area contributed by atoms with Gasteiger partial charge in [0.1, 0.15) is 0 Å². The van der Waals surface area contributed by atoms with E-state index in [2.05, 4.69) is 40.2 Å². The van der Waals surface area contributed by atoms with E-state index < -0.39 is 0 Å². The molecule has 1 aliphatic heterocycles. The van der Waals surface area contributed by atoms with E-state index in [0.29, 0.717) is 11.2 Å². The standard InChI is InChI=1S/C13H16BrNOS/c14-12-8-13(16)15(9-12)6-7-17-10-11-4-2-1-3-5-11/h1-5,12H,6-10H2. The van der Waals surface area contributed by atoms with Crippen molar-refractivity contribution in [2.75, 3.05) is 18.8 Å². The highest BCUT2D eigenvalue weighted by atomic mass is 79.9. The zero-order valence-corrected chi connectivity index (χ0v) is 12.0. The summed E-state index contributed by atoms with van der Waals surface area (Å²) in [6.45, 7) is 1.74. The smallest absolute Gasteiger partial charge is 0.223 e. The molecule has 1 aromatic carbocycles. The van der Waals surface area contributed by atoms with Crippen LogP contribution in [-0.2, 0) is 10.5 Å². The number of rotatable bonds is 5. The van der Waals surface area contributed by atoms with Gasteiger partial charge in [-0.2, -0.15) is 11.8 Å². The molecule has 2 rings (SSSR count). The Labute approximate surface area is 115 Å². The third-order valence-electron chi connectivity index (χ3n) is 2.78. The lowest BCUT2D eigenvalue weighted by atomic mass is 10.2. The van der Waals surface area contributed by atoms with Crippen LogP contribution in [0, 0.1) is 0 Å². The summed E-state index contributed by atoms with van der Waals surface area (Å²) >= 11 is 5.38. The maximum absolute atomic E-state index is 11.5. The Hall–Kier alpha value is -0.480. The Bertz CT molecular complexity index is 371. The molecule has 1 heterocycles. The first-order valence-corrected chi connectivity index (χ1v) is 7.86. The van der Waals surface area contributed by atoms with Crippen LogP contribution in [0.4, 0.5) is 0 Å². The third kappa shape index (κ3) is 4.03. The van der Waals surface area contributed by atoms with Crippen LogP contribution in [0.2, 0.25) is 0 Å². The van der Waals surface area contributed by atoms with Crippen molar-refractivity contribution in [3.8, 4) is 0 Å². The van der Waals surface area contributed by atoms with Crippen LogP contribution >= 0.6 is 27.7 Å². The van der Waals surface area contributed by atoms with E-state index in [1.165, 1.54) is 5.56 Å². The number of hydrogen-bond acceptors (Lipinski definition) is 2. The molecule has 17 heavy (non-hydrogen) atoms. The molecule has 0 N–H and O–H groups in total. The number of likely N-dealkylation sites (tertiary alicyclic amines) is 1. The Balaban J connectivity index is 1.65. The molecule has 92 valence electrons. The van der Waals surface area contributed by atoms with Crippen molar-refractivity contribution in [1.82, 2.24) is 4.90 Å². The van der Waals surface area contributed by atoms with Gasteiger partial charge < -0.3 is 4.90 Å². The van der Waals surface area contributed by atoms with Crippen LogP contribution < -0.4 is 0 Å². The quantitative estimate of drug-likeness (QED) is 0.615. The Morgan fingerprint density at radius 1 is 1.35 bits per heavy atom. The number of amides is 1. The summed E-state index contributed by atoms with van der Waals surface area (Å²) in [6.07, 6.45) is 0.656. The molecule has 1 saturated heterocycles. The second kappa shape index (κ2) is 6.45. The second-order valence-electron chi connectivity index (χ2n) is 4.18. The first kappa shape index (κ1) is 13.0. The predicted octanol–water partition coefficient (Wildman–Crippen LogP) is 2.92. The summed E-state index contributed by atoms with van der Waals surface area (Å²) in [6, 6.07) is 10.4. The van der Waals surface area contributed by atoms with Crippen molar-refractivity contribution in [1.29, 1.82) is 0 Å². The highest BCUT2D eigenvalue weighted by Crippen LogP contribution is 2.19. The average molecular weight is 314 g/mol. The SMILES string of the molecule is O=C1CC(Br)CN1CCSCc1ccccc1. The number of hydrogen-bond donors (Lipinski definition) is 0. The highest BCUT2D eigenvalue weighted by molar-refractivity contribution is 9.09. The minimum atomic E-state index is 0.284. The predicted molar refractivity (Wildman–Crippen MR) is 76.5 cm³/mol. The number of carbonyl (C=O) groups excluding carboxylic acids is 1. The van der Waals surface area contributed by atoms with Gasteiger partial charge in [-0.25, -0.2) is 0 Å². The van der Waals surface area contributed by atoms with Gasteiger partial charge in [0.25, 0.3) is 0 Å². The monoisotopic (exact) mass is 313 g/mol. The summed E-state index contributed by atoms with van der Waals surface area (Å²) in [4.78, 5) is 13.8. The number of carbonyl (C=O) groups is 1. The van der Waals surface area contributed by atoms with Crippen molar-refractivity contribution >= 4 is 33.6 Å². The van der Waals surface area contributed by atoms with Gasteiger partial charge in [0.05, 0.1) is 0 Å². The second-order valence-corrected chi connectivity index (χ2v) is 6.58. The Kier molecular flexibility index (Phi) is 4.92. The normalized spacial score (nSPS) is 19.9. The zero-order valence-electron chi connectivity index (χ0n) is 9.64. The summed E-state index contributed by atoms with van der Waals surface area (Å²) in [5.41, 5.74) is 1.35. The van der Waals surface area contributed by atoms with Crippen molar-refractivity contribution < 1.29 is 4.79 Å². The largest absolute Gasteiger partial charge is 0.341 e. The molecule has 0 bridgehead atoms. The third-order valence-corrected chi connectivity index (χ3v) is 4.41.